The summed E-state index contributed by atoms with van der Waals surface area (Å²) in [4.78, 5) is 1.39. The van der Waals surface area contributed by atoms with Gasteiger partial charge in [-0.05, 0) is 38.3 Å². The molecule has 0 aliphatic carbocycles. The molecule has 0 radical (unpaired) electrons. The fraction of sp³-hybridized carbons (Fsp3) is 0.467. The van der Waals surface area contributed by atoms with Gasteiger partial charge in [-0.2, -0.15) is 0 Å². The monoisotopic (exact) mass is 263 g/mol. The summed E-state index contributed by atoms with van der Waals surface area (Å²) >= 11 is 1.87. The first-order valence-electron chi connectivity index (χ1n) is 6.54. The summed E-state index contributed by atoms with van der Waals surface area (Å²) in [5.41, 5.74) is 0. The van der Waals surface area contributed by atoms with Crippen molar-refractivity contribution in [1.82, 2.24) is 5.32 Å². The molecule has 0 aliphatic heterocycles. The molecular formula is C15H21NOS. The Bertz CT molecular complexity index is 461. The lowest BCUT2D eigenvalue weighted by Crippen LogP contribution is -2.28. The molecule has 3 heteroatoms. The van der Waals surface area contributed by atoms with Crippen LogP contribution in [0.15, 0.2) is 30.3 Å². The zero-order chi connectivity index (χ0) is 13.0. The third-order valence-electron chi connectivity index (χ3n) is 3.03. The van der Waals surface area contributed by atoms with Crippen LogP contribution < -0.4 is 5.32 Å². The molecule has 98 valence electrons. The molecule has 0 saturated heterocycles. The third kappa shape index (κ3) is 3.31. The van der Waals surface area contributed by atoms with Gasteiger partial charge in [0.25, 0.3) is 0 Å². The number of thiophene rings is 1. The predicted octanol–water partition coefficient (Wildman–Crippen LogP) is 3.98. The highest BCUT2D eigenvalue weighted by Crippen LogP contribution is 2.29. The SMILES string of the molecule is CCOC(C)CNC(C)c1cc2ccccc2s1. The van der Waals surface area contributed by atoms with E-state index in [1.165, 1.54) is 15.0 Å². The second-order valence-corrected chi connectivity index (χ2v) is 5.70. The fourth-order valence-electron chi connectivity index (χ4n) is 2.00. The first kappa shape index (κ1) is 13.5. The van der Waals surface area contributed by atoms with Gasteiger partial charge in [0.1, 0.15) is 0 Å². The lowest BCUT2D eigenvalue weighted by molar-refractivity contribution is 0.0744. The van der Waals surface area contributed by atoms with Gasteiger partial charge < -0.3 is 10.1 Å². The second-order valence-electron chi connectivity index (χ2n) is 4.58. The van der Waals surface area contributed by atoms with Crippen molar-refractivity contribution in [3.8, 4) is 0 Å². The lowest BCUT2D eigenvalue weighted by Gasteiger charge is -2.16. The molecule has 0 bridgehead atoms. The molecule has 2 aromatic rings. The van der Waals surface area contributed by atoms with Crippen molar-refractivity contribution in [3.63, 3.8) is 0 Å². The van der Waals surface area contributed by atoms with Gasteiger partial charge >= 0.3 is 0 Å². The zero-order valence-corrected chi connectivity index (χ0v) is 12.1. The average molecular weight is 263 g/mol. The van der Waals surface area contributed by atoms with E-state index in [1.807, 2.05) is 18.3 Å². The molecule has 2 atom stereocenters. The van der Waals surface area contributed by atoms with Crippen molar-refractivity contribution in [2.75, 3.05) is 13.2 Å². The molecule has 1 N–H and O–H groups in total. The third-order valence-corrected chi connectivity index (χ3v) is 4.33. The molecule has 1 aromatic carbocycles. The van der Waals surface area contributed by atoms with E-state index < -0.39 is 0 Å². The van der Waals surface area contributed by atoms with Crippen LogP contribution in [-0.4, -0.2) is 19.3 Å². The van der Waals surface area contributed by atoms with Crippen LogP contribution in [0.3, 0.4) is 0 Å². The molecule has 2 rings (SSSR count). The van der Waals surface area contributed by atoms with Gasteiger partial charge in [-0.25, -0.2) is 0 Å². The van der Waals surface area contributed by atoms with Gasteiger partial charge in [-0.3, -0.25) is 0 Å². The smallest absolute Gasteiger partial charge is 0.0671 e. The van der Waals surface area contributed by atoms with E-state index >= 15 is 0 Å². The molecule has 2 nitrogen and oxygen atoms in total. The van der Waals surface area contributed by atoms with Crippen molar-refractivity contribution < 1.29 is 4.74 Å². The number of nitrogens with one attached hydrogen (secondary N) is 1. The highest BCUT2D eigenvalue weighted by Gasteiger charge is 2.10. The summed E-state index contributed by atoms with van der Waals surface area (Å²) in [6.07, 6.45) is 0.270. The van der Waals surface area contributed by atoms with Crippen LogP contribution in [0, 0.1) is 0 Å². The highest BCUT2D eigenvalue weighted by atomic mass is 32.1. The lowest BCUT2D eigenvalue weighted by atomic mass is 10.2. The van der Waals surface area contributed by atoms with E-state index in [2.05, 4.69) is 49.5 Å². The average Bonchev–Trinajstić information content (AvgIpc) is 2.80. The van der Waals surface area contributed by atoms with Crippen LogP contribution in [0.25, 0.3) is 10.1 Å². The van der Waals surface area contributed by atoms with Crippen LogP contribution in [0.1, 0.15) is 31.7 Å². The van der Waals surface area contributed by atoms with Crippen molar-refractivity contribution in [2.24, 2.45) is 0 Å². The van der Waals surface area contributed by atoms with E-state index in [9.17, 15) is 0 Å². The number of hydrogen-bond acceptors (Lipinski definition) is 3. The largest absolute Gasteiger partial charge is 0.377 e. The Morgan fingerprint density at radius 3 is 2.78 bits per heavy atom. The molecule has 18 heavy (non-hydrogen) atoms. The summed E-state index contributed by atoms with van der Waals surface area (Å²) in [6.45, 7) is 8.02. The first-order valence-corrected chi connectivity index (χ1v) is 7.35. The highest BCUT2D eigenvalue weighted by molar-refractivity contribution is 7.19. The Hall–Kier alpha value is -0.900. The van der Waals surface area contributed by atoms with Crippen molar-refractivity contribution in [1.29, 1.82) is 0 Å². The van der Waals surface area contributed by atoms with Crippen molar-refractivity contribution >= 4 is 21.4 Å². The maximum absolute atomic E-state index is 5.53. The molecule has 0 spiro atoms. The van der Waals surface area contributed by atoms with Crippen LogP contribution in [-0.2, 0) is 4.74 Å². The van der Waals surface area contributed by atoms with Crippen molar-refractivity contribution in [2.45, 2.75) is 32.9 Å². The molecule has 0 saturated carbocycles. The minimum absolute atomic E-state index is 0.270. The predicted molar refractivity (Wildman–Crippen MR) is 79.3 cm³/mol. The molecule has 1 aromatic heterocycles. The Morgan fingerprint density at radius 1 is 1.28 bits per heavy atom. The van der Waals surface area contributed by atoms with Gasteiger partial charge in [-0.15, -0.1) is 11.3 Å². The van der Waals surface area contributed by atoms with E-state index in [0.717, 1.165) is 13.2 Å². The molecule has 0 aliphatic rings. The maximum Gasteiger partial charge on any atom is 0.0671 e. The van der Waals surface area contributed by atoms with Crippen LogP contribution in [0.5, 0.6) is 0 Å². The van der Waals surface area contributed by atoms with Crippen LogP contribution >= 0.6 is 11.3 Å². The van der Waals surface area contributed by atoms with Gasteiger partial charge in [-0.1, -0.05) is 18.2 Å². The molecular weight excluding hydrogens is 242 g/mol. The van der Waals surface area contributed by atoms with Crippen LogP contribution in [0.4, 0.5) is 0 Å². The van der Waals surface area contributed by atoms with E-state index in [0.29, 0.717) is 6.04 Å². The summed E-state index contributed by atoms with van der Waals surface area (Å²) in [5.74, 6) is 0. The van der Waals surface area contributed by atoms with E-state index in [-0.39, 0.29) is 6.10 Å². The number of fused-ring (bicyclic) bond motifs is 1. The standard InChI is InChI=1S/C15H21NOS/c1-4-17-11(2)10-16-12(3)15-9-13-7-5-6-8-14(13)18-15/h5-9,11-12,16H,4,10H2,1-3H3. The minimum Gasteiger partial charge on any atom is -0.377 e. The fourth-order valence-corrected chi connectivity index (χ4v) is 3.09. The second kappa shape index (κ2) is 6.32. The first-order chi connectivity index (χ1) is 8.70. The van der Waals surface area contributed by atoms with Gasteiger partial charge in [0.15, 0.2) is 0 Å². The van der Waals surface area contributed by atoms with E-state index in [1.54, 1.807) is 0 Å². The quantitative estimate of drug-likeness (QED) is 0.851. The number of rotatable bonds is 6. The Balaban J connectivity index is 1.98. The Morgan fingerprint density at radius 2 is 2.06 bits per heavy atom. The molecule has 0 fully saturated rings. The summed E-state index contributed by atoms with van der Waals surface area (Å²) in [7, 11) is 0. The maximum atomic E-state index is 5.53. The topological polar surface area (TPSA) is 21.3 Å². The van der Waals surface area contributed by atoms with Gasteiger partial charge in [0.05, 0.1) is 6.10 Å². The molecule has 2 unspecified atom stereocenters. The van der Waals surface area contributed by atoms with Crippen LogP contribution in [0.2, 0.25) is 0 Å². The molecule has 0 amide bonds. The minimum atomic E-state index is 0.270. The number of benzene rings is 1. The van der Waals surface area contributed by atoms with Gasteiger partial charge in [0.2, 0.25) is 0 Å². The summed E-state index contributed by atoms with van der Waals surface area (Å²) in [5, 5.41) is 4.87. The number of hydrogen-bond donors (Lipinski definition) is 1. The van der Waals surface area contributed by atoms with Gasteiger partial charge in [0, 0.05) is 28.8 Å². The van der Waals surface area contributed by atoms with Crippen molar-refractivity contribution in [3.05, 3.63) is 35.2 Å². The normalized spacial score (nSPS) is 14.8. The summed E-state index contributed by atoms with van der Waals surface area (Å²) in [6, 6.07) is 11.2. The Labute approximate surface area is 113 Å². The van der Waals surface area contributed by atoms with E-state index in [4.69, 9.17) is 4.74 Å². The number of ether oxygens (including phenoxy) is 1. The summed E-state index contributed by atoms with van der Waals surface area (Å²) < 4.78 is 6.89. The Kier molecular flexibility index (Phi) is 4.75. The zero-order valence-electron chi connectivity index (χ0n) is 11.3. The molecule has 1 heterocycles.